The number of aromatic nitrogens is 1. The molecule has 1 atom stereocenters. The summed E-state index contributed by atoms with van der Waals surface area (Å²) in [5, 5.41) is 9.47. The van der Waals surface area contributed by atoms with Gasteiger partial charge in [0.25, 0.3) is 0 Å². The van der Waals surface area contributed by atoms with Gasteiger partial charge in [0.15, 0.2) is 6.04 Å². The zero-order valence-corrected chi connectivity index (χ0v) is 12.5. The van der Waals surface area contributed by atoms with Gasteiger partial charge in [-0.1, -0.05) is 0 Å². The average molecular weight is 298 g/mol. The zero-order valence-electron chi connectivity index (χ0n) is 11.7. The monoisotopic (exact) mass is 298 g/mol. The van der Waals surface area contributed by atoms with E-state index in [1.165, 1.54) is 22.4 Å². The number of ether oxygens (including phenoxy) is 1. The highest BCUT2D eigenvalue weighted by molar-refractivity contribution is 7.09. The lowest BCUT2D eigenvalue weighted by Gasteiger charge is -2.30. The molecule has 2 rings (SSSR count). The molecule has 1 unspecified atom stereocenters. The summed E-state index contributed by atoms with van der Waals surface area (Å²) in [6.07, 6.45) is 2.52. The lowest BCUT2D eigenvalue weighted by Crippen LogP contribution is -2.43. The number of thiazole rings is 1. The molecule has 0 saturated heterocycles. The molecule has 0 aromatic carbocycles. The summed E-state index contributed by atoms with van der Waals surface area (Å²) in [6, 6.07) is -1.09. The first-order valence-corrected chi connectivity index (χ1v) is 7.30. The molecule has 6 nitrogen and oxygen atoms in total. The minimum atomic E-state index is -1.06. The van der Waals surface area contributed by atoms with Crippen LogP contribution in [0.25, 0.3) is 0 Å². The molecule has 7 heteroatoms. The molecule has 110 valence electrons. The lowest BCUT2D eigenvalue weighted by atomic mass is 10.2. The minimum Gasteiger partial charge on any atom is -0.479 e. The number of carbonyl (C=O) groups is 2. The van der Waals surface area contributed by atoms with Gasteiger partial charge in [-0.15, -0.1) is 11.3 Å². The number of carboxylic acids is 1. The first-order valence-electron chi connectivity index (χ1n) is 6.42. The highest BCUT2D eigenvalue weighted by atomic mass is 32.1. The Morgan fingerprint density at radius 1 is 1.50 bits per heavy atom. The van der Waals surface area contributed by atoms with Crippen LogP contribution in [0.3, 0.4) is 0 Å². The van der Waals surface area contributed by atoms with Crippen molar-refractivity contribution < 1.29 is 19.4 Å². The highest BCUT2D eigenvalue weighted by Gasteiger charge is 2.44. The van der Waals surface area contributed by atoms with Gasteiger partial charge >= 0.3 is 12.1 Å². The van der Waals surface area contributed by atoms with Crippen LogP contribution in [-0.4, -0.2) is 38.7 Å². The van der Waals surface area contributed by atoms with Crippen molar-refractivity contribution in [3.8, 4) is 0 Å². The number of amides is 1. The molecule has 1 saturated carbocycles. The Bertz CT molecular complexity index is 491. The maximum Gasteiger partial charge on any atom is 0.411 e. The molecule has 1 aromatic rings. The zero-order chi connectivity index (χ0) is 14.9. The summed E-state index contributed by atoms with van der Waals surface area (Å²) in [5.41, 5.74) is 0.909. The fourth-order valence-corrected chi connectivity index (χ4v) is 2.58. The van der Waals surface area contributed by atoms with Crippen molar-refractivity contribution in [2.45, 2.75) is 51.3 Å². The quantitative estimate of drug-likeness (QED) is 0.924. The number of carbonyl (C=O) groups excluding carboxylic acids is 1. The molecular weight excluding hydrogens is 280 g/mol. The van der Waals surface area contributed by atoms with Gasteiger partial charge in [-0.05, 0) is 33.6 Å². The first kappa shape index (κ1) is 14.8. The Morgan fingerprint density at radius 3 is 2.55 bits per heavy atom. The summed E-state index contributed by atoms with van der Waals surface area (Å²) in [5.74, 6) is -1.06. The fraction of sp³-hybridized carbons (Fsp3) is 0.615. The van der Waals surface area contributed by atoms with Crippen LogP contribution in [-0.2, 0) is 9.53 Å². The van der Waals surface area contributed by atoms with Gasteiger partial charge < -0.3 is 9.84 Å². The Morgan fingerprint density at radius 2 is 2.15 bits per heavy atom. The smallest absolute Gasteiger partial charge is 0.411 e. The Kier molecular flexibility index (Phi) is 3.99. The molecular formula is C13H18N2O4S. The van der Waals surface area contributed by atoms with Crippen LogP contribution in [0.15, 0.2) is 11.7 Å². The largest absolute Gasteiger partial charge is 0.479 e. The summed E-state index contributed by atoms with van der Waals surface area (Å²) in [6.45, 7) is 5.29. The number of rotatable bonds is 4. The van der Waals surface area contributed by atoms with E-state index < -0.39 is 23.7 Å². The van der Waals surface area contributed by atoms with Crippen LogP contribution in [0.1, 0.15) is 44.5 Å². The van der Waals surface area contributed by atoms with Crippen molar-refractivity contribution in [2.24, 2.45) is 0 Å². The van der Waals surface area contributed by atoms with E-state index in [1.54, 1.807) is 26.3 Å². The summed E-state index contributed by atoms with van der Waals surface area (Å²) >= 11 is 1.23. The molecule has 0 aliphatic heterocycles. The number of nitrogens with zero attached hydrogens (tertiary/aromatic N) is 2. The third kappa shape index (κ3) is 3.47. The molecule has 1 aliphatic carbocycles. The van der Waals surface area contributed by atoms with Crippen LogP contribution >= 0.6 is 11.3 Å². The summed E-state index contributed by atoms with van der Waals surface area (Å²) in [4.78, 5) is 29.6. The first-order chi connectivity index (χ1) is 9.29. The van der Waals surface area contributed by atoms with Gasteiger partial charge in [-0.3, -0.25) is 9.88 Å². The Balaban J connectivity index is 2.26. The summed E-state index contributed by atoms with van der Waals surface area (Å²) in [7, 11) is 0. The van der Waals surface area contributed by atoms with Crippen molar-refractivity contribution in [2.75, 3.05) is 0 Å². The lowest BCUT2D eigenvalue weighted by molar-refractivity contribution is -0.143. The third-order valence-corrected chi connectivity index (χ3v) is 3.61. The minimum absolute atomic E-state index is 0.0620. The normalized spacial score (nSPS) is 16.6. The second-order valence-electron chi connectivity index (χ2n) is 5.76. The second kappa shape index (κ2) is 5.40. The van der Waals surface area contributed by atoms with E-state index in [0.717, 1.165) is 12.8 Å². The fourth-order valence-electron chi connectivity index (χ4n) is 1.87. The van der Waals surface area contributed by atoms with E-state index in [1.807, 2.05) is 0 Å². The Labute approximate surface area is 121 Å². The van der Waals surface area contributed by atoms with Gasteiger partial charge in [0.05, 0.1) is 10.4 Å². The van der Waals surface area contributed by atoms with Crippen LogP contribution in [0.5, 0.6) is 0 Å². The van der Waals surface area contributed by atoms with Crippen molar-refractivity contribution in [3.63, 3.8) is 0 Å². The van der Waals surface area contributed by atoms with E-state index >= 15 is 0 Å². The molecule has 1 N–H and O–H groups in total. The molecule has 1 aromatic heterocycles. The highest BCUT2D eigenvalue weighted by Crippen LogP contribution is 2.37. The van der Waals surface area contributed by atoms with E-state index in [9.17, 15) is 14.7 Å². The molecule has 0 radical (unpaired) electrons. The number of hydrogen-bond donors (Lipinski definition) is 1. The Hall–Kier alpha value is -1.63. The van der Waals surface area contributed by atoms with Crippen molar-refractivity contribution in [1.82, 2.24) is 9.88 Å². The van der Waals surface area contributed by atoms with Crippen LogP contribution in [0, 0.1) is 0 Å². The van der Waals surface area contributed by atoms with E-state index in [4.69, 9.17) is 4.74 Å². The van der Waals surface area contributed by atoms with Crippen molar-refractivity contribution >= 4 is 23.4 Å². The van der Waals surface area contributed by atoms with Gasteiger partial charge in [0.2, 0.25) is 0 Å². The predicted molar refractivity (Wildman–Crippen MR) is 73.6 cm³/mol. The number of hydrogen-bond acceptors (Lipinski definition) is 5. The molecule has 1 heterocycles. The van der Waals surface area contributed by atoms with Crippen LogP contribution in [0.2, 0.25) is 0 Å². The van der Waals surface area contributed by atoms with Crippen molar-refractivity contribution in [1.29, 1.82) is 0 Å². The molecule has 1 fully saturated rings. The van der Waals surface area contributed by atoms with Gasteiger partial charge in [0, 0.05) is 12.2 Å². The van der Waals surface area contributed by atoms with Gasteiger partial charge in [0.1, 0.15) is 5.60 Å². The van der Waals surface area contributed by atoms with Crippen LogP contribution in [0.4, 0.5) is 4.79 Å². The van der Waals surface area contributed by atoms with E-state index in [2.05, 4.69) is 4.98 Å². The molecule has 20 heavy (non-hydrogen) atoms. The second-order valence-corrected chi connectivity index (χ2v) is 6.68. The topological polar surface area (TPSA) is 79.7 Å². The van der Waals surface area contributed by atoms with Gasteiger partial charge in [-0.25, -0.2) is 9.59 Å². The summed E-state index contributed by atoms with van der Waals surface area (Å²) < 4.78 is 5.34. The maximum atomic E-state index is 12.3. The number of carboxylic acid groups (broad SMARTS) is 1. The molecule has 0 bridgehead atoms. The average Bonchev–Trinajstić information content (AvgIpc) is 2.98. The molecule has 1 amide bonds. The van der Waals surface area contributed by atoms with E-state index in [-0.39, 0.29) is 6.04 Å². The molecule has 1 aliphatic rings. The number of aliphatic carboxylic acids is 1. The van der Waals surface area contributed by atoms with E-state index in [0.29, 0.717) is 4.88 Å². The standard InChI is InChI=1S/C13H18N2O4S/c1-13(2,3)19-12(18)15(8-4-5-8)10(11(16)17)9-6-14-7-20-9/h6-8,10H,4-5H2,1-3H3,(H,16,17). The van der Waals surface area contributed by atoms with Crippen molar-refractivity contribution in [3.05, 3.63) is 16.6 Å². The van der Waals surface area contributed by atoms with Gasteiger partial charge in [-0.2, -0.15) is 0 Å². The maximum absolute atomic E-state index is 12.3. The predicted octanol–water partition coefficient (Wildman–Crippen LogP) is 2.67. The SMILES string of the molecule is CC(C)(C)OC(=O)N(C1CC1)C(C(=O)O)c1cncs1. The third-order valence-electron chi connectivity index (χ3n) is 2.78. The van der Waals surface area contributed by atoms with Crippen LogP contribution < -0.4 is 0 Å². The molecule has 0 spiro atoms.